The van der Waals surface area contributed by atoms with Gasteiger partial charge in [-0.3, -0.25) is 0 Å². The number of fused-ring (bicyclic) bond motifs is 1. The average Bonchev–Trinajstić information content (AvgIpc) is 2.92. The number of likely N-dealkylation sites (N-methyl/N-ethyl adjacent to an activating group) is 1. The predicted octanol–water partition coefficient (Wildman–Crippen LogP) is 3.54. The monoisotopic (exact) mass is 284 g/mol. The van der Waals surface area contributed by atoms with Gasteiger partial charge in [0.1, 0.15) is 5.82 Å². The van der Waals surface area contributed by atoms with E-state index in [-0.39, 0.29) is 11.9 Å². The topological polar surface area (TPSA) is 15.3 Å². The largest absolute Gasteiger partial charge is 0.363 e. The van der Waals surface area contributed by atoms with Gasteiger partial charge >= 0.3 is 0 Å². The van der Waals surface area contributed by atoms with Gasteiger partial charge < -0.3 is 10.2 Å². The zero-order valence-electron chi connectivity index (χ0n) is 12.3. The summed E-state index contributed by atoms with van der Waals surface area (Å²) < 4.78 is 13.6. The third-order valence-corrected chi connectivity index (χ3v) is 4.13. The van der Waals surface area contributed by atoms with Crippen molar-refractivity contribution in [1.29, 1.82) is 0 Å². The zero-order valence-corrected chi connectivity index (χ0v) is 12.3. The summed E-state index contributed by atoms with van der Waals surface area (Å²) in [6.45, 7) is 4.87. The molecule has 1 aliphatic heterocycles. The molecule has 0 amide bonds. The van der Waals surface area contributed by atoms with Crippen LogP contribution >= 0.6 is 0 Å². The molecule has 0 saturated carbocycles. The van der Waals surface area contributed by atoms with Crippen LogP contribution in [0.2, 0.25) is 0 Å². The van der Waals surface area contributed by atoms with E-state index in [1.54, 1.807) is 12.1 Å². The van der Waals surface area contributed by atoms with Gasteiger partial charge in [-0.05, 0) is 36.2 Å². The number of nitrogens with one attached hydrogen (secondary N) is 1. The summed E-state index contributed by atoms with van der Waals surface area (Å²) in [6, 6.07) is 15.9. The van der Waals surface area contributed by atoms with Gasteiger partial charge in [0.2, 0.25) is 0 Å². The van der Waals surface area contributed by atoms with Crippen molar-refractivity contribution in [2.45, 2.75) is 19.4 Å². The van der Waals surface area contributed by atoms with Crippen LogP contribution < -0.4 is 10.2 Å². The first-order valence-corrected chi connectivity index (χ1v) is 7.60. The maximum absolute atomic E-state index is 13.6. The molecule has 0 bridgehead atoms. The Bertz CT molecular complexity index is 597. The van der Waals surface area contributed by atoms with E-state index >= 15 is 0 Å². The van der Waals surface area contributed by atoms with Gasteiger partial charge in [-0.1, -0.05) is 43.3 Å². The van der Waals surface area contributed by atoms with Gasteiger partial charge in [0.25, 0.3) is 0 Å². The molecule has 0 aromatic heterocycles. The highest BCUT2D eigenvalue weighted by molar-refractivity contribution is 5.59. The van der Waals surface area contributed by atoms with E-state index in [0.717, 1.165) is 31.7 Å². The van der Waals surface area contributed by atoms with Crippen molar-refractivity contribution in [2.75, 3.05) is 24.5 Å². The summed E-state index contributed by atoms with van der Waals surface area (Å²) in [5, 5.41) is 3.43. The summed E-state index contributed by atoms with van der Waals surface area (Å²) in [5.41, 5.74) is 3.56. The number of rotatable bonds is 5. The normalized spacial score (nSPS) is 15.0. The smallest absolute Gasteiger partial charge is 0.125 e. The van der Waals surface area contributed by atoms with Crippen LogP contribution in [0.4, 0.5) is 10.1 Å². The van der Waals surface area contributed by atoms with Crippen molar-refractivity contribution < 1.29 is 4.39 Å². The van der Waals surface area contributed by atoms with E-state index in [1.165, 1.54) is 11.1 Å². The molecule has 3 rings (SSSR count). The van der Waals surface area contributed by atoms with Gasteiger partial charge in [-0.2, -0.15) is 0 Å². The molecule has 1 aliphatic rings. The van der Waals surface area contributed by atoms with Crippen molar-refractivity contribution in [3.63, 3.8) is 0 Å². The van der Waals surface area contributed by atoms with Crippen molar-refractivity contribution in [3.05, 3.63) is 65.5 Å². The number of hydrogen-bond donors (Lipinski definition) is 1. The fraction of sp³-hybridized carbons (Fsp3) is 0.333. The highest BCUT2D eigenvalue weighted by Gasteiger charge is 2.27. The third kappa shape index (κ3) is 2.93. The van der Waals surface area contributed by atoms with E-state index in [0.29, 0.717) is 0 Å². The number of halogens is 1. The van der Waals surface area contributed by atoms with Crippen molar-refractivity contribution in [2.24, 2.45) is 0 Å². The Morgan fingerprint density at radius 2 is 2.00 bits per heavy atom. The molecule has 0 radical (unpaired) electrons. The summed E-state index contributed by atoms with van der Waals surface area (Å²) >= 11 is 0. The van der Waals surface area contributed by atoms with Crippen molar-refractivity contribution >= 4 is 5.69 Å². The van der Waals surface area contributed by atoms with Gasteiger partial charge in [0.15, 0.2) is 0 Å². The Balaban J connectivity index is 1.93. The molecule has 0 fully saturated rings. The lowest BCUT2D eigenvalue weighted by Crippen LogP contribution is -2.35. The first-order chi connectivity index (χ1) is 10.3. The maximum Gasteiger partial charge on any atom is 0.125 e. The minimum absolute atomic E-state index is 0.157. The summed E-state index contributed by atoms with van der Waals surface area (Å²) in [4.78, 5) is 2.33. The van der Waals surface area contributed by atoms with E-state index in [2.05, 4.69) is 41.4 Å². The number of anilines is 1. The Kier molecular flexibility index (Phi) is 4.20. The predicted molar refractivity (Wildman–Crippen MR) is 85.2 cm³/mol. The van der Waals surface area contributed by atoms with Gasteiger partial charge in [0, 0.05) is 18.8 Å². The van der Waals surface area contributed by atoms with Crippen LogP contribution in [0.25, 0.3) is 0 Å². The lowest BCUT2D eigenvalue weighted by molar-refractivity contribution is 0.570. The van der Waals surface area contributed by atoms with Crippen LogP contribution in [-0.4, -0.2) is 19.6 Å². The second kappa shape index (κ2) is 6.27. The van der Waals surface area contributed by atoms with Crippen LogP contribution in [-0.2, 0) is 6.42 Å². The van der Waals surface area contributed by atoms with Crippen molar-refractivity contribution in [1.82, 2.24) is 5.32 Å². The maximum atomic E-state index is 13.6. The molecule has 0 spiro atoms. The molecule has 110 valence electrons. The van der Waals surface area contributed by atoms with E-state index in [4.69, 9.17) is 0 Å². The second-order valence-corrected chi connectivity index (χ2v) is 5.45. The number of benzene rings is 2. The molecule has 1 N–H and O–H groups in total. The number of nitrogens with zero attached hydrogens (tertiary/aromatic N) is 1. The van der Waals surface area contributed by atoms with Gasteiger partial charge in [-0.15, -0.1) is 0 Å². The minimum atomic E-state index is -0.157. The Morgan fingerprint density at radius 3 is 2.76 bits per heavy atom. The highest BCUT2D eigenvalue weighted by atomic mass is 19.1. The van der Waals surface area contributed by atoms with Gasteiger partial charge in [0.05, 0.1) is 6.04 Å². The average molecular weight is 284 g/mol. The lowest BCUT2D eigenvalue weighted by atomic mass is 10.0. The number of hydrogen-bond acceptors (Lipinski definition) is 2. The first-order valence-electron chi connectivity index (χ1n) is 7.60. The zero-order chi connectivity index (χ0) is 14.7. The quantitative estimate of drug-likeness (QED) is 0.903. The lowest BCUT2D eigenvalue weighted by Gasteiger charge is -2.31. The molecule has 0 saturated heterocycles. The Labute approximate surface area is 125 Å². The summed E-state index contributed by atoms with van der Waals surface area (Å²) in [5.74, 6) is -0.157. The fourth-order valence-corrected chi connectivity index (χ4v) is 3.07. The fourth-order valence-electron chi connectivity index (χ4n) is 3.07. The SMILES string of the molecule is CCNCC(c1ccccc1)N1CCc2ccc(F)cc21. The first kappa shape index (κ1) is 14.1. The van der Waals surface area contributed by atoms with Gasteiger partial charge in [-0.25, -0.2) is 4.39 Å². The molecule has 21 heavy (non-hydrogen) atoms. The van der Waals surface area contributed by atoms with Crippen LogP contribution in [0.15, 0.2) is 48.5 Å². The third-order valence-electron chi connectivity index (χ3n) is 4.13. The van der Waals surface area contributed by atoms with Crippen LogP contribution in [0, 0.1) is 5.82 Å². The summed E-state index contributed by atoms with van der Waals surface area (Å²) in [7, 11) is 0. The molecule has 3 heteroatoms. The van der Waals surface area contributed by atoms with Crippen LogP contribution in [0.3, 0.4) is 0 Å². The molecule has 1 heterocycles. The van der Waals surface area contributed by atoms with Crippen LogP contribution in [0.1, 0.15) is 24.1 Å². The van der Waals surface area contributed by atoms with E-state index < -0.39 is 0 Å². The molecular weight excluding hydrogens is 263 g/mol. The standard InChI is InChI=1S/C18H21FN2/c1-2-20-13-18(14-6-4-3-5-7-14)21-11-10-15-8-9-16(19)12-17(15)21/h3-9,12,18,20H,2,10-11,13H2,1H3. The van der Waals surface area contributed by atoms with Crippen LogP contribution in [0.5, 0.6) is 0 Å². The molecular formula is C18H21FN2. The molecule has 2 nitrogen and oxygen atoms in total. The Hall–Kier alpha value is -1.87. The second-order valence-electron chi connectivity index (χ2n) is 5.45. The molecule has 2 aromatic carbocycles. The van der Waals surface area contributed by atoms with E-state index in [9.17, 15) is 4.39 Å². The summed E-state index contributed by atoms with van der Waals surface area (Å²) in [6.07, 6.45) is 0.991. The van der Waals surface area contributed by atoms with E-state index in [1.807, 2.05) is 12.1 Å². The Morgan fingerprint density at radius 1 is 1.19 bits per heavy atom. The van der Waals surface area contributed by atoms with Crippen molar-refractivity contribution in [3.8, 4) is 0 Å². The molecule has 1 atom stereocenters. The molecule has 2 aromatic rings. The molecule has 0 aliphatic carbocycles. The molecule has 1 unspecified atom stereocenters. The highest BCUT2D eigenvalue weighted by Crippen LogP contribution is 2.35. The minimum Gasteiger partial charge on any atom is -0.363 e.